The summed E-state index contributed by atoms with van der Waals surface area (Å²) >= 11 is 11.9. The van der Waals surface area contributed by atoms with E-state index in [0.29, 0.717) is 58.9 Å². The third kappa shape index (κ3) is 9.85. The van der Waals surface area contributed by atoms with E-state index in [9.17, 15) is 9.59 Å². The second kappa shape index (κ2) is 17.6. The van der Waals surface area contributed by atoms with Crippen LogP contribution in [-0.4, -0.2) is 58.3 Å². The van der Waals surface area contributed by atoms with Crippen LogP contribution in [0.3, 0.4) is 0 Å². The van der Waals surface area contributed by atoms with Crippen molar-refractivity contribution in [1.29, 1.82) is 0 Å². The van der Waals surface area contributed by atoms with Crippen molar-refractivity contribution in [2.75, 3.05) is 36.9 Å². The van der Waals surface area contributed by atoms with E-state index in [1.54, 1.807) is 50.2 Å². The van der Waals surface area contributed by atoms with Crippen molar-refractivity contribution < 1.29 is 19.1 Å². The standard InChI is InChI=1S/C36H38N4O4S2/c1-3-43-33(41)29-19-11-13-21-31(29)37-35(45)39(25-27-15-7-5-8-16-27)23-24-40(26-28-17-9-6-10-18-28)36(46)38-32-22-14-12-20-30(32)34(42)44-4-2/h5-22H,3-4,23-26H2,1-2H3,(H,37,45)(H,38,46). The number of rotatable bonds is 13. The van der Waals surface area contributed by atoms with Crippen molar-refractivity contribution >= 4 is 58.0 Å². The van der Waals surface area contributed by atoms with Crippen molar-refractivity contribution in [3.8, 4) is 0 Å². The molecule has 238 valence electrons. The number of ether oxygens (including phenoxy) is 2. The molecule has 0 saturated carbocycles. The summed E-state index contributed by atoms with van der Waals surface area (Å²) < 4.78 is 10.5. The first-order valence-corrected chi connectivity index (χ1v) is 15.9. The average molecular weight is 655 g/mol. The number of hydrogen-bond donors (Lipinski definition) is 2. The van der Waals surface area contributed by atoms with Crippen molar-refractivity contribution in [3.63, 3.8) is 0 Å². The van der Waals surface area contributed by atoms with Crippen LogP contribution in [0, 0.1) is 0 Å². The summed E-state index contributed by atoms with van der Waals surface area (Å²) in [6.45, 7) is 6.14. The van der Waals surface area contributed by atoms with Gasteiger partial charge in [-0.15, -0.1) is 0 Å². The lowest BCUT2D eigenvalue weighted by Crippen LogP contribution is -2.43. The number of anilines is 2. The van der Waals surface area contributed by atoms with Crippen LogP contribution in [0.2, 0.25) is 0 Å². The summed E-state index contributed by atoms with van der Waals surface area (Å²) in [5.74, 6) is -0.840. The lowest BCUT2D eigenvalue weighted by molar-refractivity contribution is 0.0518. The van der Waals surface area contributed by atoms with Gasteiger partial charge in [-0.1, -0.05) is 84.9 Å². The molecule has 0 atom stereocenters. The predicted octanol–water partition coefficient (Wildman–Crippen LogP) is 7.14. The minimum absolute atomic E-state index is 0.271. The third-order valence-corrected chi connectivity index (χ3v) is 7.70. The number of nitrogens with one attached hydrogen (secondary N) is 2. The Bertz CT molecular complexity index is 1500. The highest BCUT2D eigenvalue weighted by molar-refractivity contribution is 7.80. The van der Waals surface area contributed by atoms with Gasteiger partial charge in [-0.25, -0.2) is 9.59 Å². The summed E-state index contributed by atoms with van der Waals surface area (Å²) in [7, 11) is 0. The minimum atomic E-state index is -0.420. The van der Waals surface area contributed by atoms with E-state index in [2.05, 4.69) is 10.6 Å². The summed E-state index contributed by atoms with van der Waals surface area (Å²) in [6, 6.07) is 34.4. The summed E-state index contributed by atoms with van der Waals surface area (Å²) in [6.07, 6.45) is 0. The fourth-order valence-electron chi connectivity index (χ4n) is 4.70. The van der Waals surface area contributed by atoms with Gasteiger partial charge in [0.25, 0.3) is 0 Å². The zero-order valence-electron chi connectivity index (χ0n) is 26.0. The first-order chi connectivity index (χ1) is 22.4. The van der Waals surface area contributed by atoms with Gasteiger partial charge in [0.15, 0.2) is 10.2 Å². The molecule has 0 fully saturated rings. The molecule has 4 aromatic rings. The average Bonchev–Trinajstić information content (AvgIpc) is 3.07. The summed E-state index contributed by atoms with van der Waals surface area (Å²) in [5.41, 5.74) is 4.09. The van der Waals surface area contributed by atoms with Crippen LogP contribution in [0.4, 0.5) is 11.4 Å². The Morgan fingerprint density at radius 2 is 0.913 bits per heavy atom. The molecule has 46 heavy (non-hydrogen) atoms. The second-order valence-electron chi connectivity index (χ2n) is 10.2. The molecular formula is C36H38N4O4S2. The summed E-state index contributed by atoms with van der Waals surface area (Å²) in [4.78, 5) is 29.4. The first kappa shape index (κ1) is 34.1. The van der Waals surface area contributed by atoms with E-state index in [1.807, 2.05) is 82.6 Å². The topological polar surface area (TPSA) is 83.1 Å². The molecule has 0 heterocycles. The highest BCUT2D eigenvalue weighted by Gasteiger charge is 2.20. The molecule has 0 aromatic heterocycles. The van der Waals surface area contributed by atoms with Crippen LogP contribution in [-0.2, 0) is 22.6 Å². The maximum Gasteiger partial charge on any atom is 0.340 e. The quantitative estimate of drug-likeness (QED) is 0.115. The highest BCUT2D eigenvalue weighted by Crippen LogP contribution is 2.20. The SMILES string of the molecule is CCOC(=O)c1ccccc1NC(=S)N(CCN(Cc1ccccc1)C(=S)Nc1ccccc1C(=O)OCC)Cc1ccccc1. The Kier molecular flexibility index (Phi) is 13.1. The molecule has 0 bridgehead atoms. The van der Waals surface area contributed by atoms with Gasteiger partial charge in [0.1, 0.15) is 0 Å². The number of carbonyl (C=O) groups excluding carboxylic acids is 2. The first-order valence-electron chi connectivity index (χ1n) is 15.1. The molecule has 8 nitrogen and oxygen atoms in total. The van der Waals surface area contributed by atoms with Gasteiger partial charge in [-0.2, -0.15) is 0 Å². The van der Waals surface area contributed by atoms with Gasteiger partial charge >= 0.3 is 11.9 Å². The molecule has 0 saturated heterocycles. The van der Waals surface area contributed by atoms with Crippen molar-refractivity contribution in [3.05, 3.63) is 131 Å². The molecule has 0 aliphatic carbocycles. The Hall–Kier alpha value is -4.80. The van der Waals surface area contributed by atoms with Crippen LogP contribution in [0.1, 0.15) is 45.7 Å². The molecule has 0 aliphatic heterocycles. The number of esters is 2. The second-order valence-corrected chi connectivity index (χ2v) is 11.0. The zero-order chi connectivity index (χ0) is 32.7. The Morgan fingerprint density at radius 3 is 1.28 bits per heavy atom. The molecular weight excluding hydrogens is 617 g/mol. The van der Waals surface area contributed by atoms with Crippen molar-refractivity contribution in [2.24, 2.45) is 0 Å². The summed E-state index contributed by atoms with van der Waals surface area (Å²) in [5, 5.41) is 7.47. The number of thiocarbonyl (C=S) groups is 2. The Morgan fingerprint density at radius 1 is 0.565 bits per heavy atom. The van der Waals surface area contributed by atoms with E-state index in [1.165, 1.54) is 0 Å². The van der Waals surface area contributed by atoms with Crippen molar-refractivity contribution in [2.45, 2.75) is 26.9 Å². The fraction of sp³-hybridized carbons (Fsp3) is 0.222. The number of nitrogens with zero attached hydrogens (tertiary/aromatic N) is 2. The fourth-order valence-corrected chi connectivity index (χ4v) is 5.23. The maximum atomic E-state index is 12.6. The minimum Gasteiger partial charge on any atom is -0.462 e. The van der Waals surface area contributed by atoms with Crippen LogP contribution < -0.4 is 10.6 Å². The molecule has 4 aromatic carbocycles. The van der Waals surface area contributed by atoms with Gasteiger partial charge in [0.05, 0.1) is 35.7 Å². The number of benzene rings is 4. The normalized spacial score (nSPS) is 10.4. The number of para-hydroxylation sites is 2. The monoisotopic (exact) mass is 654 g/mol. The Balaban J connectivity index is 1.58. The molecule has 0 aliphatic rings. The molecule has 10 heteroatoms. The molecule has 0 radical (unpaired) electrons. The van der Waals surface area contributed by atoms with Gasteiger partial charge < -0.3 is 29.9 Å². The van der Waals surface area contributed by atoms with Gasteiger partial charge in [-0.05, 0) is 73.7 Å². The maximum absolute atomic E-state index is 12.6. The smallest absolute Gasteiger partial charge is 0.340 e. The lowest BCUT2D eigenvalue weighted by Gasteiger charge is -2.32. The van der Waals surface area contributed by atoms with Gasteiger partial charge in [-0.3, -0.25) is 0 Å². The van der Waals surface area contributed by atoms with Gasteiger partial charge in [0.2, 0.25) is 0 Å². The predicted molar refractivity (Wildman–Crippen MR) is 191 cm³/mol. The van der Waals surface area contributed by atoms with E-state index in [4.69, 9.17) is 33.9 Å². The van der Waals surface area contributed by atoms with Crippen LogP contribution in [0.15, 0.2) is 109 Å². The van der Waals surface area contributed by atoms with Crippen molar-refractivity contribution in [1.82, 2.24) is 9.80 Å². The largest absolute Gasteiger partial charge is 0.462 e. The lowest BCUT2D eigenvalue weighted by atomic mass is 10.1. The van der Waals surface area contributed by atoms with E-state index in [0.717, 1.165) is 11.1 Å². The number of hydrogen-bond acceptors (Lipinski definition) is 6. The third-order valence-electron chi connectivity index (χ3n) is 6.97. The van der Waals surface area contributed by atoms with E-state index < -0.39 is 11.9 Å². The number of carbonyl (C=O) groups is 2. The zero-order valence-corrected chi connectivity index (χ0v) is 27.6. The van der Waals surface area contributed by atoms with Crippen LogP contribution >= 0.6 is 24.4 Å². The Labute approximate surface area is 281 Å². The highest BCUT2D eigenvalue weighted by atomic mass is 32.1. The van der Waals surface area contributed by atoms with E-state index >= 15 is 0 Å². The van der Waals surface area contributed by atoms with Gasteiger partial charge in [0, 0.05) is 26.2 Å². The van der Waals surface area contributed by atoms with E-state index in [-0.39, 0.29) is 13.2 Å². The molecule has 0 amide bonds. The van der Waals surface area contributed by atoms with Crippen LogP contribution in [0.5, 0.6) is 0 Å². The molecule has 0 unspecified atom stereocenters. The molecule has 4 rings (SSSR count). The molecule has 2 N–H and O–H groups in total. The molecule has 0 spiro atoms. The van der Waals surface area contributed by atoms with Crippen LogP contribution in [0.25, 0.3) is 0 Å².